The Hall–Kier alpha value is -2.90. The molecular weight excluding hydrogens is 383 g/mol. The van der Waals surface area contributed by atoms with E-state index in [1.165, 1.54) is 0 Å². The standard InChI is InChI=1S/C21H22F3N3O2/c22-21(23,24)14-7-10-27(11-8-14)17-4-1-15(2-5-17)26-16-3-6-18-19(13-16)29-12-9-25-20(18)28/h1-6,13-14,26H,7-12H2,(H,25,28). The van der Waals surface area contributed by atoms with Crippen LogP contribution in [0.5, 0.6) is 5.75 Å². The molecule has 0 aromatic heterocycles. The number of benzene rings is 2. The number of carbonyl (C=O) groups is 1. The number of ether oxygens (including phenoxy) is 1. The quantitative estimate of drug-likeness (QED) is 0.798. The van der Waals surface area contributed by atoms with Crippen molar-refractivity contribution in [3.63, 3.8) is 0 Å². The van der Waals surface area contributed by atoms with Crippen LogP contribution in [0.1, 0.15) is 23.2 Å². The number of fused-ring (bicyclic) bond motifs is 1. The molecule has 5 nitrogen and oxygen atoms in total. The van der Waals surface area contributed by atoms with Crippen LogP contribution in [0.4, 0.5) is 30.2 Å². The highest BCUT2D eigenvalue weighted by Gasteiger charge is 2.41. The summed E-state index contributed by atoms with van der Waals surface area (Å²) >= 11 is 0. The van der Waals surface area contributed by atoms with E-state index in [9.17, 15) is 18.0 Å². The predicted octanol–water partition coefficient (Wildman–Crippen LogP) is 4.33. The minimum absolute atomic E-state index is 0.131. The second-order valence-corrected chi connectivity index (χ2v) is 7.29. The van der Waals surface area contributed by atoms with Crippen LogP contribution in [0.15, 0.2) is 42.5 Å². The van der Waals surface area contributed by atoms with Gasteiger partial charge in [0.25, 0.3) is 5.91 Å². The zero-order valence-corrected chi connectivity index (χ0v) is 15.8. The molecule has 0 radical (unpaired) electrons. The topological polar surface area (TPSA) is 53.6 Å². The maximum atomic E-state index is 12.8. The van der Waals surface area contributed by atoms with Crippen molar-refractivity contribution in [3.8, 4) is 5.75 Å². The first-order chi connectivity index (χ1) is 13.9. The molecular formula is C21H22F3N3O2. The maximum absolute atomic E-state index is 12.8. The van der Waals surface area contributed by atoms with Crippen molar-refractivity contribution < 1.29 is 22.7 Å². The van der Waals surface area contributed by atoms with Crippen LogP contribution >= 0.6 is 0 Å². The second-order valence-electron chi connectivity index (χ2n) is 7.29. The van der Waals surface area contributed by atoms with Crippen molar-refractivity contribution in [2.45, 2.75) is 19.0 Å². The summed E-state index contributed by atoms with van der Waals surface area (Å²) in [5.41, 5.74) is 3.05. The van der Waals surface area contributed by atoms with Crippen molar-refractivity contribution in [1.82, 2.24) is 5.32 Å². The first kappa shape index (κ1) is 19.4. The average Bonchev–Trinajstić information content (AvgIpc) is 2.89. The van der Waals surface area contributed by atoms with Crippen molar-refractivity contribution >= 4 is 23.0 Å². The number of halogens is 3. The van der Waals surface area contributed by atoms with Crippen molar-refractivity contribution in [2.75, 3.05) is 36.5 Å². The van der Waals surface area contributed by atoms with Gasteiger partial charge in [-0.1, -0.05) is 0 Å². The fourth-order valence-electron chi connectivity index (χ4n) is 3.72. The molecule has 29 heavy (non-hydrogen) atoms. The molecule has 154 valence electrons. The lowest BCUT2D eigenvalue weighted by molar-refractivity contribution is -0.179. The minimum atomic E-state index is -4.10. The number of rotatable bonds is 3. The van der Waals surface area contributed by atoms with Crippen LogP contribution in [0, 0.1) is 5.92 Å². The van der Waals surface area contributed by atoms with Crippen molar-refractivity contribution in [2.24, 2.45) is 5.92 Å². The molecule has 2 heterocycles. The third-order valence-electron chi connectivity index (χ3n) is 5.35. The molecule has 2 aliphatic heterocycles. The summed E-state index contributed by atoms with van der Waals surface area (Å²) in [5.74, 6) is -0.811. The lowest BCUT2D eigenvalue weighted by Crippen LogP contribution is -2.38. The summed E-state index contributed by atoms with van der Waals surface area (Å²) in [7, 11) is 0. The fourth-order valence-corrected chi connectivity index (χ4v) is 3.72. The number of nitrogens with one attached hydrogen (secondary N) is 2. The fraction of sp³-hybridized carbons (Fsp3) is 0.381. The zero-order chi connectivity index (χ0) is 20.4. The summed E-state index contributed by atoms with van der Waals surface area (Å²) in [6.07, 6.45) is -3.84. The predicted molar refractivity (Wildman–Crippen MR) is 105 cm³/mol. The number of piperidine rings is 1. The number of anilines is 3. The van der Waals surface area contributed by atoms with Gasteiger partial charge in [0.2, 0.25) is 0 Å². The molecule has 0 spiro atoms. The van der Waals surface area contributed by atoms with Gasteiger partial charge in [-0.2, -0.15) is 13.2 Å². The van der Waals surface area contributed by atoms with Crippen LogP contribution in [0.3, 0.4) is 0 Å². The molecule has 1 fully saturated rings. The third kappa shape index (κ3) is 4.41. The highest BCUT2D eigenvalue weighted by atomic mass is 19.4. The van der Waals surface area contributed by atoms with Gasteiger partial charge in [-0.25, -0.2) is 0 Å². The summed E-state index contributed by atoms with van der Waals surface area (Å²) in [6, 6.07) is 12.9. The monoisotopic (exact) mass is 405 g/mol. The number of carbonyl (C=O) groups excluding carboxylic acids is 1. The van der Waals surface area contributed by atoms with Gasteiger partial charge in [0.15, 0.2) is 0 Å². The summed E-state index contributed by atoms with van der Waals surface area (Å²) < 4.78 is 44.1. The molecule has 0 atom stereocenters. The Bertz CT molecular complexity index is 876. The Morgan fingerprint density at radius 3 is 2.41 bits per heavy atom. The highest BCUT2D eigenvalue weighted by Crippen LogP contribution is 2.35. The summed E-state index contributed by atoms with van der Waals surface area (Å²) in [6.45, 7) is 1.70. The van der Waals surface area contributed by atoms with Crippen LogP contribution in [-0.2, 0) is 0 Å². The largest absolute Gasteiger partial charge is 0.491 e. The average molecular weight is 405 g/mol. The lowest BCUT2D eigenvalue weighted by Gasteiger charge is -2.34. The van der Waals surface area contributed by atoms with Crippen molar-refractivity contribution in [3.05, 3.63) is 48.0 Å². The SMILES string of the molecule is O=C1NCCOc2cc(Nc3ccc(N4CCC(C(F)(F)F)CC4)cc3)ccc21. The Kier molecular flexibility index (Phi) is 5.25. The third-order valence-corrected chi connectivity index (χ3v) is 5.35. The van der Waals surface area contributed by atoms with E-state index < -0.39 is 12.1 Å². The minimum Gasteiger partial charge on any atom is -0.491 e. The zero-order valence-electron chi connectivity index (χ0n) is 15.8. The van der Waals surface area contributed by atoms with Gasteiger partial charge in [0.1, 0.15) is 12.4 Å². The lowest BCUT2D eigenvalue weighted by atomic mass is 9.96. The van der Waals surface area contributed by atoms with Gasteiger partial charge in [-0.05, 0) is 49.2 Å². The molecule has 0 saturated carbocycles. The molecule has 2 aliphatic rings. The van der Waals surface area contributed by atoms with E-state index in [0.29, 0.717) is 37.6 Å². The van der Waals surface area contributed by atoms with Crippen LogP contribution < -0.4 is 20.3 Å². The van der Waals surface area contributed by atoms with E-state index in [1.54, 1.807) is 12.1 Å². The Morgan fingerprint density at radius 2 is 1.72 bits per heavy atom. The van der Waals surface area contributed by atoms with Gasteiger partial charge in [0.05, 0.1) is 18.0 Å². The first-order valence-electron chi connectivity index (χ1n) is 9.64. The molecule has 0 unspecified atom stereocenters. The molecule has 0 aliphatic carbocycles. The number of nitrogens with zero attached hydrogens (tertiary/aromatic N) is 1. The maximum Gasteiger partial charge on any atom is 0.391 e. The van der Waals surface area contributed by atoms with E-state index in [2.05, 4.69) is 10.6 Å². The van der Waals surface area contributed by atoms with Gasteiger partial charge >= 0.3 is 6.18 Å². The number of hydrogen-bond donors (Lipinski definition) is 2. The van der Waals surface area contributed by atoms with E-state index in [0.717, 1.165) is 17.1 Å². The highest BCUT2D eigenvalue weighted by molar-refractivity contribution is 5.97. The van der Waals surface area contributed by atoms with Gasteiger partial charge in [0, 0.05) is 36.2 Å². The first-order valence-corrected chi connectivity index (χ1v) is 9.64. The van der Waals surface area contributed by atoms with Crippen LogP contribution in [0.2, 0.25) is 0 Å². The number of alkyl halides is 3. The van der Waals surface area contributed by atoms with Gasteiger partial charge in [-0.3, -0.25) is 4.79 Å². The van der Waals surface area contributed by atoms with Gasteiger partial charge < -0.3 is 20.3 Å². The van der Waals surface area contributed by atoms with E-state index >= 15 is 0 Å². The van der Waals surface area contributed by atoms with E-state index in [1.807, 2.05) is 35.2 Å². The van der Waals surface area contributed by atoms with Crippen LogP contribution in [0.25, 0.3) is 0 Å². The number of amides is 1. The Morgan fingerprint density at radius 1 is 1.03 bits per heavy atom. The number of hydrogen-bond acceptors (Lipinski definition) is 4. The normalized spacial score (nSPS) is 17.8. The second kappa shape index (κ2) is 7.85. The molecule has 2 N–H and O–H groups in total. The van der Waals surface area contributed by atoms with Crippen molar-refractivity contribution in [1.29, 1.82) is 0 Å². The van der Waals surface area contributed by atoms with Crippen LogP contribution in [-0.4, -0.2) is 38.3 Å². The van der Waals surface area contributed by atoms with Gasteiger partial charge in [-0.15, -0.1) is 0 Å². The molecule has 0 bridgehead atoms. The smallest absolute Gasteiger partial charge is 0.391 e. The van der Waals surface area contributed by atoms with E-state index in [-0.39, 0.29) is 18.7 Å². The van der Waals surface area contributed by atoms with E-state index in [4.69, 9.17) is 4.74 Å². The molecule has 2 aromatic rings. The summed E-state index contributed by atoms with van der Waals surface area (Å²) in [4.78, 5) is 13.9. The Balaban J connectivity index is 1.40. The molecule has 2 aromatic carbocycles. The molecule has 4 rings (SSSR count). The molecule has 1 amide bonds. The molecule has 1 saturated heterocycles. The molecule has 8 heteroatoms. The summed E-state index contributed by atoms with van der Waals surface area (Å²) in [5, 5.41) is 6.03. The Labute approximate surface area is 166 Å².